The second-order valence-corrected chi connectivity index (χ2v) is 9.87. The van der Waals surface area contributed by atoms with Crippen LogP contribution in [0.3, 0.4) is 0 Å². The first kappa shape index (κ1) is 24.4. The monoisotopic (exact) mass is 509 g/mol. The van der Waals surface area contributed by atoms with E-state index in [4.69, 9.17) is 0 Å². The van der Waals surface area contributed by atoms with Crippen LogP contribution in [0.1, 0.15) is 35.6 Å². The van der Waals surface area contributed by atoms with Gasteiger partial charge in [-0.15, -0.1) is 0 Å². The van der Waals surface area contributed by atoms with Gasteiger partial charge in [-0.05, 0) is 41.7 Å². The van der Waals surface area contributed by atoms with E-state index in [9.17, 15) is 8.78 Å². The lowest BCUT2D eigenvalue weighted by Gasteiger charge is -2.34. The third-order valence-electron chi connectivity index (χ3n) is 7.39. The molecule has 1 aromatic heterocycles. The van der Waals surface area contributed by atoms with Crippen LogP contribution in [0.15, 0.2) is 90.2 Å². The molecule has 0 bridgehead atoms. The average Bonchev–Trinajstić information content (AvgIpc) is 3.44. The highest BCUT2D eigenvalue weighted by molar-refractivity contribution is 6.02. The van der Waals surface area contributed by atoms with Gasteiger partial charge in [0.15, 0.2) is 0 Å². The first-order chi connectivity index (χ1) is 18.6. The Morgan fingerprint density at radius 1 is 0.737 bits per heavy atom. The molecule has 0 saturated carbocycles. The molecule has 192 valence electrons. The van der Waals surface area contributed by atoms with Crippen LogP contribution in [0.2, 0.25) is 0 Å². The van der Waals surface area contributed by atoms with Crippen LogP contribution in [0, 0.1) is 11.6 Å². The fourth-order valence-electron chi connectivity index (χ4n) is 5.27. The van der Waals surface area contributed by atoms with Crippen molar-refractivity contribution in [3.05, 3.63) is 114 Å². The van der Waals surface area contributed by atoms with Gasteiger partial charge in [-0.2, -0.15) is 0 Å². The zero-order chi connectivity index (χ0) is 25.9. The second-order valence-electron chi connectivity index (χ2n) is 9.87. The number of hydrogen-bond donors (Lipinski definition) is 0. The Balaban J connectivity index is 1.08. The summed E-state index contributed by atoms with van der Waals surface area (Å²) >= 11 is 0. The number of rotatable bonds is 6. The summed E-state index contributed by atoms with van der Waals surface area (Å²) in [6.07, 6.45) is 5.04. The lowest BCUT2D eigenvalue weighted by molar-refractivity contribution is 0.248. The Morgan fingerprint density at radius 3 is 2.11 bits per heavy atom. The van der Waals surface area contributed by atoms with Gasteiger partial charge in [0.1, 0.15) is 11.6 Å². The summed E-state index contributed by atoms with van der Waals surface area (Å²) in [5.74, 6) is -0.354. The quantitative estimate of drug-likeness (QED) is 0.317. The fourth-order valence-corrected chi connectivity index (χ4v) is 5.27. The molecule has 1 fully saturated rings. The van der Waals surface area contributed by atoms with Crippen molar-refractivity contribution >= 4 is 11.7 Å². The average molecular weight is 510 g/mol. The SMILES string of the molecule is Fc1cccc(F)c1C1=NC(c2ccc(-c3cnc(N4CCN(Cc5ccccc5)CC4)nc3)cc2)CC1. The molecule has 38 heavy (non-hydrogen) atoms. The molecule has 4 aromatic rings. The van der Waals surface area contributed by atoms with Gasteiger partial charge in [-0.1, -0.05) is 60.7 Å². The van der Waals surface area contributed by atoms with E-state index in [1.165, 1.54) is 23.8 Å². The summed E-state index contributed by atoms with van der Waals surface area (Å²) in [5, 5.41) is 0. The Morgan fingerprint density at radius 2 is 1.42 bits per heavy atom. The predicted octanol–water partition coefficient (Wildman–Crippen LogP) is 6.07. The minimum absolute atomic E-state index is 0.00136. The van der Waals surface area contributed by atoms with E-state index in [0.29, 0.717) is 12.1 Å². The van der Waals surface area contributed by atoms with E-state index < -0.39 is 11.6 Å². The number of aromatic nitrogens is 2. The lowest BCUT2D eigenvalue weighted by atomic mass is 10.0. The van der Waals surface area contributed by atoms with Gasteiger partial charge < -0.3 is 4.90 Å². The van der Waals surface area contributed by atoms with Gasteiger partial charge in [0.25, 0.3) is 0 Å². The van der Waals surface area contributed by atoms with E-state index >= 15 is 0 Å². The highest BCUT2D eigenvalue weighted by Crippen LogP contribution is 2.33. The molecule has 1 saturated heterocycles. The van der Waals surface area contributed by atoms with Crippen LogP contribution < -0.4 is 4.90 Å². The highest BCUT2D eigenvalue weighted by Gasteiger charge is 2.24. The number of halogens is 2. The summed E-state index contributed by atoms with van der Waals surface area (Å²) in [6, 6.07) is 22.5. The van der Waals surface area contributed by atoms with Crippen molar-refractivity contribution in [2.75, 3.05) is 31.1 Å². The molecule has 0 N–H and O–H groups in total. The molecule has 3 heterocycles. The van der Waals surface area contributed by atoms with Crippen molar-refractivity contribution in [3.63, 3.8) is 0 Å². The molecule has 0 radical (unpaired) electrons. The van der Waals surface area contributed by atoms with Crippen LogP contribution in [0.25, 0.3) is 11.1 Å². The number of benzene rings is 3. The van der Waals surface area contributed by atoms with Crippen LogP contribution in [0.4, 0.5) is 14.7 Å². The van der Waals surface area contributed by atoms with E-state index in [-0.39, 0.29) is 11.6 Å². The van der Waals surface area contributed by atoms with Crippen molar-refractivity contribution in [2.24, 2.45) is 4.99 Å². The van der Waals surface area contributed by atoms with E-state index in [1.54, 1.807) is 0 Å². The second kappa shape index (κ2) is 10.8. The lowest BCUT2D eigenvalue weighted by Crippen LogP contribution is -2.46. The van der Waals surface area contributed by atoms with Gasteiger partial charge in [-0.25, -0.2) is 18.7 Å². The van der Waals surface area contributed by atoms with Crippen molar-refractivity contribution in [2.45, 2.75) is 25.4 Å². The minimum Gasteiger partial charge on any atom is -0.338 e. The first-order valence-corrected chi connectivity index (χ1v) is 13.1. The Labute approximate surface area is 221 Å². The summed E-state index contributed by atoms with van der Waals surface area (Å²) in [5.41, 5.74) is 4.85. The van der Waals surface area contributed by atoms with Crippen molar-refractivity contribution in [3.8, 4) is 11.1 Å². The molecule has 7 heteroatoms. The number of anilines is 1. The summed E-state index contributed by atoms with van der Waals surface area (Å²) in [4.78, 5) is 18.7. The standard InChI is InChI=1S/C31H29F2N5/c32-26-7-4-8-27(33)30(26)29-14-13-28(36-29)24-11-9-23(10-12-24)25-19-34-31(35-20-25)38-17-15-37(16-18-38)21-22-5-2-1-3-6-22/h1-12,19-20,28H,13-18,21H2. The molecule has 3 aromatic carbocycles. The Bertz CT molecular complexity index is 1390. The molecule has 0 aliphatic carbocycles. The molecule has 0 amide bonds. The molecule has 6 rings (SSSR count). The van der Waals surface area contributed by atoms with Crippen molar-refractivity contribution < 1.29 is 8.78 Å². The predicted molar refractivity (Wildman–Crippen MR) is 146 cm³/mol. The summed E-state index contributed by atoms with van der Waals surface area (Å²) in [7, 11) is 0. The molecular formula is C31H29F2N5. The third-order valence-corrected chi connectivity index (χ3v) is 7.39. The molecule has 0 spiro atoms. The Hall–Kier alpha value is -3.97. The molecule has 5 nitrogen and oxygen atoms in total. The normalized spacial score (nSPS) is 18.0. The van der Waals surface area contributed by atoms with Gasteiger partial charge in [0.2, 0.25) is 5.95 Å². The van der Waals surface area contributed by atoms with E-state index in [1.807, 2.05) is 36.7 Å². The zero-order valence-electron chi connectivity index (χ0n) is 21.1. The summed E-state index contributed by atoms with van der Waals surface area (Å²) < 4.78 is 28.4. The molecule has 2 aliphatic rings. The Kier molecular flexibility index (Phi) is 6.92. The van der Waals surface area contributed by atoms with Gasteiger partial charge >= 0.3 is 0 Å². The van der Waals surface area contributed by atoms with Crippen LogP contribution in [0.5, 0.6) is 0 Å². The first-order valence-electron chi connectivity index (χ1n) is 13.1. The van der Waals surface area contributed by atoms with Gasteiger partial charge in [0, 0.05) is 56.4 Å². The zero-order valence-corrected chi connectivity index (χ0v) is 21.1. The molecule has 1 unspecified atom stereocenters. The van der Waals surface area contributed by atoms with Crippen LogP contribution in [-0.4, -0.2) is 46.8 Å². The number of piperazine rings is 1. The van der Waals surface area contributed by atoms with Gasteiger partial charge in [0.05, 0.1) is 11.6 Å². The third kappa shape index (κ3) is 5.20. The van der Waals surface area contributed by atoms with Crippen LogP contribution >= 0.6 is 0 Å². The maximum absolute atomic E-state index is 14.2. The maximum Gasteiger partial charge on any atom is 0.225 e. The van der Waals surface area contributed by atoms with Crippen molar-refractivity contribution in [1.82, 2.24) is 14.9 Å². The smallest absolute Gasteiger partial charge is 0.225 e. The largest absolute Gasteiger partial charge is 0.338 e. The summed E-state index contributed by atoms with van der Waals surface area (Å²) in [6.45, 7) is 4.74. The van der Waals surface area contributed by atoms with E-state index in [2.05, 4.69) is 55.1 Å². The van der Waals surface area contributed by atoms with E-state index in [0.717, 1.165) is 61.8 Å². The van der Waals surface area contributed by atoms with Crippen molar-refractivity contribution in [1.29, 1.82) is 0 Å². The van der Waals surface area contributed by atoms with Gasteiger partial charge in [-0.3, -0.25) is 9.89 Å². The van der Waals surface area contributed by atoms with Crippen LogP contribution in [-0.2, 0) is 6.54 Å². The number of aliphatic imine (C=N–C) groups is 1. The topological polar surface area (TPSA) is 44.6 Å². The minimum atomic E-state index is -0.558. The fraction of sp³-hybridized carbons (Fsp3) is 0.258. The number of hydrogen-bond acceptors (Lipinski definition) is 5. The molecular weight excluding hydrogens is 480 g/mol. The molecule has 1 atom stereocenters. The number of nitrogens with zero attached hydrogens (tertiary/aromatic N) is 5. The highest BCUT2D eigenvalue weighted by atomic mass is 19.1. The molecule has 2 aliphatic heterocycles. The maximum atomic E-state index is 14.2.